The smallest absolute Gasteiger partial charge is 0.248 e. The predicted molar refractivity (Wildman–Crippen MR) is 103 cm³/mol. The Hall–Kier alpha value is -2.99. The quantitative estimate of drug-likeness (QED) is 0.768. The van der Waals surface area contributed by atoms with E-state index >= 15 is 0 Å². The van der Waals surface area contributed by atoms with Crippen LogP contribution in [0.3, 0.4) is 0 Å². The number of hydrogen-bond donors (Lipinski definition) is 1. The predicted octanol–water partition coefficient (Wildman–Crippen LogP) is 3.70. The van der Waals surface area contributed by atoms with Gasteiger partial charge in [-0.2, -0.15) is 0 Å². The van der Waals surface area contributed by atoms with Crippen LogP contribution in [0.1, 0.15) is 23.2 Å². The number of amides is 2. The first-order valence-electron chi connectivity index (χ1n) is 8.38. The first kappa shape index (κ1) is 16.5. The largest absolute Gasteiger partial charge is 0.366 e. The zero-order valence-corrected chi connectivity index (χ0v) is 14.8. The number of benzene rings is 2. The minimum Gasteiger partial charge on any atom is -0.366 e. The minimum absolute atomic E-state index is 0.183. The van der Waals surface area contributed by atoms with Crippen molar-refractivity contribution < 1.29 is 9.59 Å². The lowest BCUT2D eigenvalue weighted by molar-refractivity contribution is -0.117. The summed E-state index contributed by atoms with van der Waals surface area (Å²) in [5, 5.41) is 2.82. The number of anilines is 1. The Morgan fingerprint density at radius 3 is 2.62 bits per heavy atom. The van der Waals surface area contributed by atoms with Crippen LogP contribution in [0.2, 0.25) is 0 Å². The molecule has 5 nitrogen and oxygen atoms in total. The van der Waals surface area contributed by atoms with E-state index in [-0.39, 0.29) is 5.91 Å². The zero-order chi connectivity index (χ0) is 18.1. The molecule has 6 heteroatoms. The second-order valence-electron chi connectivity index (χ2n) is 6.18. The van der Waals surface area contributed by atoms with Crippen LogP contribution in [0.4, 0.5) is 5.69 Å². The van der Waals surface area contributed by atoms with Gasteiger partial charge in [0.1, 0.15) is 5.01 Å². The highest BCUT2D eigenvalue weighted by Crippen LogP contribution is 2.31. The highest BCUT2D eigenvalue weighted by atomic mass is 32.1. The molecule has 2 amide bonds. The lowest BCUT2D eigenvalue weighted by Gasteiger charge is -2.15. The van der Waals surface area contributed by atoms with Crippen molar-refractivity contribution in [3.8, 4) is 21.8 Å². The van der Waals surface area contributed by atoms with E-state index in [0.29, 0.717) is 12.0 Å². The summed E-state index contributed by atoms with van der Waals surface area (Å²) in [7, 11) is 0. The summed E-state index contributed by atoms with van der Waals surface area (Å²) in [6.45, 7) is 0.787. The van der Waals surface area contributed by atoms with E-state index in [4.69, 9.17) is 5.73 Å². The Balaban J connectivity index is 1.59. The Kier molecular flexibility index (Phi) is 4.26. The summed E-state index contributed by atoms with van der Waals surface area (Å²) in [5.41, 5.74) is 9.49. The van der Waals surface area contributed by atoms with Crippen LogP contribution in [0, 0.1) is 0 Å². The molecule has 2 aromatic carbocycles. The summed E-state index contributed by atoms with van der Waals surface area (Å²) in [5.74, 6) is -0.265. The van der Waals surface area contributed by atoms with Crippen LogP contribution in [-0.4, -0.2) is 23.3 Å². The van der Waals surface area contributed by atoms with E-state index in [2.05, 4.69) is 4.98 Å². The van der Waals surface area contributed by atoms with Gasteiger partial charge in [-0.15, -0.1) is 11.3 Å². The highest BCUT2D eigenvalue weighted by Gasteiger charge is 2.21. The number of hydrogen-bond acceptors (Lipinski definition) is 4. The maximum Gasteiger partial charge on any atom is 0.248 e. The minimum atomic E-state index is -0.448. The van der Waals surface area contributed by atoms with Gasteiger partial charge in [0.15, 0.2) is 0 Å². The van der Waals surface area contributed by atoms with Gasteiger partial charge in [-0.3, -0.25) is 9.59 Å². The average Bonchev–Trinajstić information content (AvgIpc) is 3.31. The molecule has 0 saturated carbocycles. The molecule has 1 aliphatic rings. The summed E-state index contributed by atoms with van der Waals surface area (Å²) in [6.07, 6.45) is 1.54. The summed E-state index contributed by atoms with van der Waals surface area (Å²) < 4.78 is 0. The topological polar surface area (TPSA) is 76.3 Å². The van der Waals surface area contributed by atoms with Gasteiger partial charge in [0, 0.05) is 40.7 Å². The SMILES string of the molecule is NC(=O)c1cccc(-c2nc(-c3ccc(N4CCCC4=O)cc3)cs2)c1. The van der Waals surface area contributed by atoms with E-state index < -0.39 is 5.91 Å². The molecule has 130 valence electrons. The van der Waals surface area contributed by atoms with E-state index in [1.54, 1.807) is 18.2 Å². The zero-order valence-electron chi connectivity index (χ0n) is 14.0. The van der Waals surface area contributed by atoms with Crippen LogP contribution in [-0.2, 0) is 4.79 Å². The second kappa shape index (κ2) is 6.72. The lowest BCUT2D eigenvalue weighted by Crippen LogP contribution is -2.23. The van der Waals surface area contributed by atoms with Gasteiger partial charge in [0.25, 0.3) is 0 Å². The van der Waals surface area contributed by atoms with Crippen molar-refractivity contribution in [2.75, 3.05) is 11.4 Å². The molecule has 1 saturated heterocycles. The van der Waals surface area contributed by atoms with E-state index in [1.165, 1.54) is 11.3 Å². The Morgan fingerprint density at radius 2 is 1.92 bits per heavy atom. The maximum absolute atomic E-state index is 11.8. The fourth-order valence-corrected chi connectivity index (χ4v) is 3.90. The van der Waals surface area contributed by atoms with Crippen molar-refractivity contribution in [3.05, 3.63) is 59.5 Å². The van der Waals surface area contributed by atoms with Crippen molar-refractivity contribution in [2.24, 2.45) is 5.73 Å². The first-order valence-corrected chi connectivity index (χ1v) is 9.26. The van der Waals surface area contributed by atoms with Gasteiger partial charge >= 0.3 is 0 Å². The van der Waals surface area contributed by atoms with Gasteiger partial charge in [-0.05, 0) is 30.7 Å². The monoisotopic (exact) mass is 363 g/mol. The third-order valence-electron chi connectivity index (χ3n) is 4.45. The van der Waals surface area contributed by atoms with Crippen molar-refractivity contribution in [3.63, 3.8) is 0 Å². The van der Waals surface area contributed by atoms with Gasteiger partial charge in [0.05, 0.1) is 5.69 Å². The van der Waals surface area contributed by atoms with E-state index in [0.717, 1.165) is 40.5 Å². The van der Waals surface area contributed by atoms with Crippen LogP contribution < -0.4 is 10.6 Å². The van der Waals surface area contributed by atoms with Gasteiger partial charge < -0.3 is 10.6 Å². The summed E-state index contributed by atoms with van der Waals surface area (Å²) >= 11 is 1.52. The Labute approximate surface area is 155 Å². The standard InChI is InChI=1S/C20H17N3O2S/c21-19(25)14-3-1-4-15(11-14)20-22-17(12-26-20)13-6-8-16(9-7-13)23-10-2-5-18(23)24/h1,3-4,6-9,11-12H,2,5,10H2,(H2,21,25). The molecular weight excluding hydrogens is 346 g/mol. The number of aromatic nitrogens is 1. The van der Waals surface area contributed by atoms with Crippen molar-refractivity contribution >= 4 is 28.8 Å². The Bertz CT molecular complexity index is 979. The number of carbonyl (C=O) groups is 2. The van der Waals surface area contributed by atoms with Crippen LogP contribution in [0.5, 0.6) is 0 Å². The third-order valence-corrected chi connectivity index (χ3v) is 5.34. The number of nitrogens with zero attached hydrogens (tertiary/aromatic N) is 2. The van der Waals surface area contributed by atoms with Crippen LogP contribution >= 0.6 is 11.3 Å². The molecule has 0 aliphatic carbocycles. The molecule has 0 radical (unpaired) electrons. The molecule has 1 aliphatic heterocycles. The molecule has 0 spiro atoms. The number of primary amides is 1. The molecule has 3 aromatic rings. The lowest BCUT2D eigenvalue weighted by atomic mass is 10.1. The Morgan fingerprint density at radius 1 is 1.12 bits per heavy atom. The molecule has 0 unspecified atom stereocenters. The molecule has 2 N–H and O–H groups in total. The molecule has 4 rings (SSSR count). The van der Waals surface area contributed by atoms with Crippen LogP contribution in [0.15, 0.2) is 53.9 Å². The van der Waals surface area contributed by atoms with Gasteiger partial charge in [0.2, 0.25) is 11.8 Å². The molecular formula is C20H17N3O2S. The van der Waals surface area contributed by atoms with Crippen molar-refractivity contribution in [1.82, 2.24) is 4.98 Å². The van der Waals surface area contributed by atoms with Gasteiger partial charge in [-0.25, -0.2) is 4.98 Å². The van der Waals surface area contributed by atoms with E-state index in [9.17, 15) is 9.59 Å². The second-order valence-corrected chi connectivity index (χ2v) is 7.04. The van der Waals surface area contributed by atoms with Crippen molar-refractivity contribution in [1.29, 1.82) is 0 Å². The van der Waals surface area contributed by atoms with Crippen molar-refractivity contribution in [2.45, 2.75) is 12.8 Å². The molecule has 2 heterocycles. The number of nitrogens with two attached hydrogens (primary N) is 1. The maximum atomic E-state index is 11.8. The number of rotatable bonds is 4. The molecule has 1 fully saturated rings. The van der Waals surface area contributed by atoms with Crippen LogP contribution in [0.25, 0.3) is 21.8 Å². The molecule has 26 heavy (non-hydrogen) atoms. The summed E-state index contributed by atoms with van der Waals surface area (Å²) in [6, 6.07) is 15.1. The fraction of sp³-hybridized carbons (Fsp3) is 0.150. The fourth-order valence-electron chi connectivity index (χ4n) is 3.08. The summed E-state index contributed by atoms with van der Waals surface area (Å²) in [4.78, 5) is 29.7. The van der Waals surface area contributed by atoms with E-state index in [1.807, 2.05) is 40.6 Å². The normalized spacial score (nSPS) is 14.0. The third kappa shape index (κ3) is 3.11. The molecule has 0 atom stereocenters. The number of carbonyl (C=O) groups excluding carboxylic acids is 2. The molecule has 0 bridgehead atoms. The number of thiazole rings is 1. The average molecular weight is 363 g/mol. The highest BCUT2D eigenvalue weighted by molar-refractivity contribution is 7.13. The van der Waals surface area contributed by atoms with Gasteiger partial charge in [-0.1, -0.05) is 24.3 Å². The first-order chi connectivity index (χ1) is 12.6. The molecule has 1 aromatic heterocycles.